The minimum absolute atomic E-state index is 0.334. The van der Waals surface area contributed by atoms with E-state index in [-0.39, 0.29) is 0 Å². The van der Waals surface area contributed by atoms with Gasteiger partial charge in [-0.25, -0.2) is 0 Å². The van der Waals surface area contributed by atoms with Crippen molar-refractivity contribution < 1.29 is 4.79 Å². The molecule has 0 bridgehead atoms. The molecule has 1 atom stereocenters. The van der Waals surface area contributed by atoms with Crippen molar-refractivity contribution in [2.24, 2.45) is 11.7 Å². The number of hydrogen-bond acceptors (Lipinski definition) is 3. The number of nitrogen functional groups attached to an aromatic ring is 1. The number of nitrogens with zero attached hydrogens (tertiary/aromatic N) is 1. The van der Waals surface area contributed by atoms with Crippen LogP contribution in [0.4, 0.5) is 11.4 Å². The highest BCUT2D eigenvalue weighted by Crippen LogP contribution is 2.28. The summed E-state index contributed by atoms with van der Waals surface area (Å²) in [7, 11) is 1.97. The minimum atomic E-state index is -0.491. The molecule has 1 aromatic carbocycles. The van der Waals surface area contributed by atoms with Crippen LogP contribution in [0.1, 0.15) is 31.1 Å². The average molecular weight is 235 g/mol. The normalized spacial score (nSPS) is 12.5. The lowest BCUT2D eigenvalue weighted by molar-refractivity contribution is 0.100. The number of benzene rings is 1. The quantitative estimate of drug-likeness (QED) is 0.782. The van der Waals surface area contributed by atoms with Gasteiger partial charge < -0.3 is 16.4 Å². The second-order valence-electron chi connectivity index (χ2n) is 4.70. The second kappa shape index (κ2) is 5.08. The van der Waals surface area contributed by atoms with Gasteiger partial charge in [0, 0.05) is 13.1 Å². The van der Waals surface area contributed by atoms with E-state index in [0.29, 0.717) is 23.2 Å². The molecule has 0 aromatic heterocycles. The monoisotopic (exact) mass is 235 g/mol. The first kappa shape index (κ1) is 13.4. The van der Waals surface area contributed by atoms with Crippen LogP contribution in [0.15, 0.2) is 18.2 Å². The minimum Gasteiger partial charge on any atom is -0.396 e. The van der Waals surface area contributed by atoms with Crippen molar-refractivity contribution in [3.05, 3.63) is 23.8 Å². The van der Waals surface area contributed by atoms with Crippen LogP contribution in [0, 0.1) is 5.92 Å². The summed E-state index contributed by atoms with van der Waals surface area (Å²) < 4.78 is 0. The third kappa shape index (κ3) is 2.70. The van der Waals surface area contributed by atoms with E-state index in [2.05, 4.69) is 25.7 Å². The first-order valence-corrected chi connectivity index (χ1v) is 5.77. The Morgan fingerprint density at radius 1 is 1.29 bits per heavy atom. The molecule has 4 heteroatoms. The van der Waals surface area contributed by atoms with E-state index in [9.17, 15) is 4.79 Å². The Labute approximate surface area is 103 Å². The highest BCUT2D eigenvalue weighted by atomic mass is 16.1. The third-order valence-corrected chi connectivity index (χ3v) is 3.30. The largest absolute Gasteiger partial charge is 0.396 e. The second-order valence-corrected chi connectivity index (χ2v) is 4.70. The van der Waals surface area contributed by atoms with Crippen molar-refractivity contribution >= 4 is 17.3 Å². The number of rotatable bonds is 4. The van der Waals surface area contributed by atoms with Crippen molar-refractivity contribution in [1.82, 2.24) is 0 Å². The van der Waals surface area contributed by atoms with Crippen LogP contribution in [0.2, 0.25) is 0 Å². The van der Waals surface area contributed by atoms with Crippen LogP contribution < -0.4 is 16.4 Å². The van der Waals surface area contributed by atoms with Crippen LogP contribution in [-0.4, -0.2) is 19.0 Å². The molecule has 94 valence electrons. The van der Waals surface area contributed by atoms with Crippen LogP contribution in [0.5, 0.6) is 0 Å². The van der Waals surface area contributed by atoms with Crippen molar-refractivity contribution in [1.29, 1.82) is 0 Å². The highest BCUT2D eigenvalue weighted by Gasteiger charge is 2.18. The zero-order valence-corrected chi connectivity index (χ0v) is 10.9. The number of carbonyl (C=O) groups is 1. The van der Waals surface area contributed by atoms with Crippen molar-refractivity contribution in [3.8, 4) is 0 Å². The Morgan fingerprint density at radius 3 is 2.35 bits per heavy atom. The summed E-state index contributed by atoms with van der Waals surface area (Å²) in [6.45, 7) is 6.42. The SMILES string of the molecule is CC(C)C(C)N(C)c1cccc(C(N)=O)c1N. The fourth-order valence-electron chi connectivity index (χ4n) is 1.74. The molecule has 0 radical (unpaired) electrons. The molecule has 0 heterocycles. The van der Waals surface area contributed by atoms with Gasteiger partial charge in [-0.05, 0) is 25.0 Å². The molecule has 0 aliphatic carbocycles. The maximum absolute atomic E-state index is 11.2. The molecular formula is C13H21N3O. The van der Waals surface area contributed by atoms with Gasteiger partial charge in [-0.3, -0.25) is 4.79 Å². The van der Waals surface area contributed by atoms with Crippen molar-refractivity contribution in [2.45, 2.75) is 26.8 Å². The van der Waals surface area contributed by atoms with Gasteiger partial charge in [0.15, 0.2) is 0 Å². The first-order valence-electron chi connectivity index (χ1n) is 5.77. The summed E-state index contributed by atoms with van der Waals surface area (Å²) in [6, 6.07) is 5.69. The van der Waals surface area contributed by atoms with E-state index in [1.165, 1.54) is 0 Å². The smallest absolute Gasteiger partial charge is 0.250 e. The fourth-order valence-corrected chi connectivity index (χ4v) is 1.74. The van der Waals surface area contributed by atoms with E-state index >= 15 is 0 Å². The van der Waals surface area contributed by atoms with Gasteiger partial charge in [0.1, 0.15) is 0 Å². The molecule has 0 aliphatic rings. The van der Waals surface area contributed by atoms with Crippen LogP contribution in [0.25, 0.3) is 0 Å². The predicted octanol–water partition coefficient (Wildman–Crippen LogP) is 1.85. The Morgan fingerprint density at radius 2 is 1.88 bits per heavy atom. The van der Waals surface area contributed by atoms with E-state index in [1.807, 2.05) is 13.1 Å². The number of anilines is 2. The van der Waals surface area contributed by atoms with Gasteiger partial charge in [-0.1, -0.05) is 19.9 Å². The molecule has 0 spiro atoms. The molecule has 0 fully saturated rings. The van der Waals surface area contributed by atoms with E-state index in [0.717, 1.165) is 5.69 Å². The number of hydrogen-bond donors (Lipinski definition) is 2. The zero-order chi connectivity index (χ0) is 13.2. The van der Waals surface area contributed by atoms with Crippen LogP contribution >= 0.6 is 0 Å². The number of carbonyl (C=O) groups excluding carboxylic acids is 1. The molecule has 1 rings (SSSR count). The summed E-state index contributed by atoms with van der Waals surface area (Å²) in [5.41, 5.74) is 12.9. The Kier molecular flexibility index (Phi) is 3.99. The van der Waals surface area contributed by atoms with Gasteiger partial charge in [-0.2, -0.15) is 0 Å². The highest BCUT2D eigenvalue weighted by molar-refractivity contribution is 6.00. The van der Waals surface area contributed by atoms with Gasteiger partial charge in [0.2, 0.25) is 0 Å². The van der Waals surface area contributed by atoms with Gasteiger partial charge >= 0.3 is 0 Å². The number of para-hydroxylation sites is 1. The Hall–Kier alpha value is -1.71. The molecule has 0 saturated heterocycles. The lowest BCUT2D eigenvalue weighted by Crippen LogP contribution is -2.34. The van der Waals surface area contributed by atoms with Crippen LogP contribution in [-0.2, 0) is 0 Å². The van der Waals surface area contributed by atoms with E-state index < -0.39 is 5.91 Å². The molecule has 0 saturated carbocycles. The summed E-state index contributed by atoms with van der Waals surface area (Å²) in [4.78, 5) is 13.3. The number of amides is 1. The molecule has 4 nitrogen and oxygen atoms in total. The van der Waals surface area contributed by atoms with Crippen molar-refractivity contribution in [2.75, 3.05) is 17.7 Å². The summed E-state index contributed by atoms with van der Waals surface area (Å²) in [5.74, 6) is 0.00610. The first-order chi connectivity index (χ1) is 7.86. The Balaban J connectivity index is 3.15. The Bertz CT molecular complexity index is 415. The zero-order valence-electron chi connectivity index (χ0n) is 10.9. The van der Waals surface area contributed by atoms with Crippen LogP contribution in [0.3, 0.4) is 0 Å². The molecule has 1 amide bonds. The summed E-state index contributed by atoms with van der Waals surface area (Å²) in [5, 5.41) is 0. The third-order valence-electron chi connectivity index (χ3n) is 3.30. The van der Waals surface area contributed by atoms with E-state index in [1.54, 1.807) is 12.1 Å². The number of primary amides is 1. The summed E-state index contributed by atoms with van der Waals surface area (Å²) >= 11 is 0. The molecule has 17 heavy (non-hydrogen) atoms. The van der Waals surface area contributed by atoms with Gasteiger partial charge in [0.25, 0.3) is 5.91 Å². The predicted molar refractivity (Wildman–Crippen MR) is 72.1 cm³/mol. The van der Waals surface area contributed by atoms with Gasteiger partial charge in [-0.15, -0.1) is 0 Å². The fraction of sp³-hybridized carbons (Fsp3) is 0.462. The standard InChI is InChI=1S/C13H21N3O/c1-8(2)9(3)16(4)11-7-5-6-10(12(11)14)13(15)17/h5-9H,14H2,1-4H3,(H2,15,17). The lowest BCUT2D eigenvalue weighted by Gasteiger charge is -2.31. The average Bonchev–Trinajstić information content (AvgIpc) is 2.26. The summed E-state index contributed by atoms with van der Waals surface area (Å²) in [6.07, 6.45) is 0. The molecule has 4 N–H and O–H groups in total. The topological polar surface area (TPSA) is 72.3 Å². The molecule has 0 aliphatic heterocycles. The molecule has 1 aromatic rings. The molecular weight excluding hydrogens is 214 g/mol. The van der Waals surface area contributed by atoms with E-state index in [4.69, 9.17) is 11.5 Å². The van der Waals surface area contributed by atoms with Gasteiger partial charge in [0.05, 0.1) is 16.9 Å². The van der Waals surface area contributed by atoms with Crippen molar-refractivity contribution in [3.63, 3.8) is 0 Å². The number of nitrogens with two attached hydrogens (primary N) is 2. The molecule has 1 unspecified atom stereocenters. The lowest BCUT2D eigenvalue weighted by atomic mass is 10.0. The maximum atomic E-state index is 11.2. The maximum Gasteiger partial charge on any atom is 0.250 e.